The second-order valence-electron chi connectivity index (χ2n) is 5.75. The lowest BCUT2D eigenvalue weighted by molar-refractivity contribution is 0.0171. The Balaban J connectivity index is 1.69. The predicted octanol–water partition coefficient (Wildman–Crippen LogP) is 2.13. The number of aryl methyl sites for hydroxylation is 1. The standard InChI is InChI=1S/C17H28N2O2/c1-2-3-4-15-5-7-16(8-6-15)18-13-17(20)14-19-9-11-21-12-10-19/h5-8,17-18,20H,2-4,9-14H2,1H3. The van der Waals surface area contributed by atoms with Gasteiger partial charge in [0, 0.05) is 31.9 Å². The van der Waals surface area contributed by atoms with E-state index in [1.54, 1.807) is 0 Å². The van der Waals surface area contributed by atoms with E-state index < -0.39 is 0 Å². The fourth-order valence-electron chi connectivity index (χ4n) is 2.55. The summed E-state index contributed by atoms with van der Waals surface area (Å²) in [6.07, 6.45) is 3.28. The van der Waals surface area contributed by atoms with Gasteiger partial charge in [-0.1, -0.05) is 25.5 Å². The van der Waals surface area contributed by atoms with Crippen molar-refractivity contribution in [1.29, 1.82) is 0 Å². The van der Waals surface area contributed by atoms with E-state index in [-0.39, 0.29) is 6.10 Å². The topological polar surface area (TPSA) is 44.7 Å². The minimum atomic E-state index is -0.345. The van der Waals surface area contributed by atoms with Gasteiger partial charge in [-0.25, -0.2) is 0 Å². The summed E-state index contributed by atoms with van der Waals surface area (Å²) in [5.74, 6) is 0. The highest BCUT2D eigenvalue weighted by Gasteiger charge is 2.14. The molecule has 1 atom stereocenters. The summed E-state index contributed by atoms with van der Waals surface area (Å²) in [6, 6.07) is 8.55. The van der Waals surface area contributed by atoms with E-state index in [1.807, 2.05) is 0 Å². The zero-order chi connectivity index (χ0) is 14.9. The zero-order valence-corrected chi connectivity index (χ0v) is 13.1. The number of hydrogen-bond acceptors (Lipinski definition) is 4. The largest absolute Gasteiger partial charge is 0.390 e. The maximum absolute atomic E-state index is 10.1. The smallest absolute Gasteiger partial charge is 0.0839 e. The summed E-state index contributed by atoms with van der Waals surface area (Å²) in [6.45, 7) is 6.91. The van der Waals surface area contributed by atoms with Crippen LogP contribution in [0.5, 0.6) is 0 Å². The average molecular weight is 292 g/mol. The molecule has 0 aromatic heterocycles. The van der Waals surface area contributed by atoms with Crippen molar-refractivity contribution in [3.8, 4) is 0 Å². The number of aliphatic hydroxyl groups excluding tert-OH is 1. The minimum Gasteiger partial charge on any atom is -0.390 e. The average Bonchev–Trinajstić information content (AvgIpc) is 2.53. The lowest BCUT2D eigenvalue weighted by Crippen LogP contribution is -2.42. The van der Waals surface area contributed by atoms with Gasteiger partial charge < -0.3 is 15.2 Å². The fourth-order valence-corrected chi connectivity index (χ4v) is 2.55. The van der Waals surface area contributed by atoms with Crippen LogP contribution in [0.1, 0.15) is 25.3 Å². The first-order chi connectivity index (χ1) is 10.3. The molecule has 1 aromatic rings. The molecule has 1 heterocycles. The van der Waals surface area contributed by atoms with Crippen LogP contribution in [0.4, 0.5) is 5.69 Å². The highest BCUT2D eigenvalue weighted by Crippen LogP contribution is 2.12. The van der Waals surface area contributed by atoms with Crippen molar-refractivity contribution in [2.75, 3.05) is 44.7 Å². The Labute approximate surface area is 128 Å². The Morgan fingerprint density at radius 3 is 2.62 bits per heavy atom. The van der Waals surface area contributed by atoms with Gasteiger partial charge in [-0.3, -0.25) is 4.90 Å². The number of anilines is 1. The van der Waals surface area contributed by atoms with Crippen LogP contribution in [-0.2, 0) is 11.2 Å². The van der Waals surface area contributed by atoms with Gasteiger partial charge in [0.25, 0.3) is 0 Å². The molecule has 4 nitrogen and oxygen atoms in total. The van der Waals surface area contributed by atoms with Crippen molar-refractivity contribution in [1.82, 2.24) is 4.90 Å². The number of morpholine rings is 1. The Kier molecular flexibility index (Phi) is 7.00. The molecular formula is C17H28N2O2. The molecule has 0 radical (unpaired) electrons. The summed E-state index contributed by atoms with van der Waals surface area (Å²) < 4.78 is 5.31. The number of rotatable bonds is 8. The molecule has 0 amide bonds. The molecule has 4 heteroatoms. The van der Waals surface area contributed by atoms with Crippen LogP contribution in [0.3, 0.4) is 0 Å². The van der Waals surface area contributed by atoms with E-state index >= 15 is 0 Å². The van der Waals surface area contributed by atoms with Crippen LogP contribution < -0.4 is 5.32 Å². The summed E-state index contributed by atoms with van der Waals surface area (Å²) in [4.78, 5) is 2.25. The van der Waals surface area contributed by atoms with Crippen molar-refractivity contribution in [3.63, 3.8) is 0 Å². The number of nitrogens with one attached hydrogen (secondary N) is 1. The molecule has 0 bridgehead atoms. The molecule has 1 aliphatic rings. The lowest BCUT2D eigenvalue weighted by atomic mass is 10.1. The molecule has 1 unspecified atom stereocenters. The molecule has 2 rings (SSSR count). The second kappa shape index (κ2) is 9.03. The Morgan fingerprint density at radius 2 is 1.95 bits per heavy atom. The third kappa shape index (κ3) is 6.04. The molecule has 1 fully saturated rings. The molecule has 118 valence electrons. The van der Waals surface area contributed by atoms with Crippen LogP contribution in [0.25, 0.3) is 0 Å². The predicted molar refractivity (Wildman–Crippen MR) is 86.8 cm³/mol. The van der Waals surface area contributed by atoms with Gasteiger partial charge in [0.2, 0.25) is 0 Å². The van der Waals surface area contributed by atoms with Crippen LogP contribution in [0, 0.1) is 0 Å². The quantitative estimate of drug-likeness (QED) is 0.770. The van der Waals surface area contributed by atoms with Crippen molar-refractivity contribution >= 4 is 5.69 Å². The van der Waals surface area contributed by atoms with Crippen LogP contribution in [0.15, 0.2) is 24.3 Å². The van der Waals surface area contributed by atoms with E-state index in [9.17, 15) is 5.11 Å². The van der Waals surface area contributed by atoms with Crippen molar-refractivity contribution in [2.45, 2.75) is 32.3 Å². The van der Waals surface area contributed by atoms with E-state index in [0.29, 0.717) is 13.1 Å². The number of benzene rings is 1. The first-order valence-corrected chi connectivity index (χ1v) is 8.09. The minimum absolute atomic E-state index is 0.345. The number of ether oxygens (including phenoxy) is 1. The molecule has 0 saturated carbocycles. The monoisotopic (exact) mass is 292 g/mol. The third-order valence-corrected chi connectivity index (χ3v) is 3.89. The third-order valence-electron chi connectivity index (χ3n) is 3.89. The number of nitrogens with zero attached hydrogens (tertiary/aromatic N) is 1. The summed E-state index contributed by atoms with van der Waals surface area (Å²) >= 11 is 0. The number of hydrogen-bond donors (Lipinski definition) is 2. The normalized spacial score (nSPS) is 17.6. The first-order valence-electron chi connectivity index (χ1n) is 8.09. The van der Waals surface area contributed by atoms with Gasteiger partial charge in [-0.15, -0.1) is 0 Å². The van der Waals surface area contributed by atoms with E-state index in [0.717, 1.165) is 38.4 Å². The van der Waals surface area contributed by atoms with E-state index in [4.69, 9.17) is 4.74 Å². The van der Waals surface area contributed by atoms with E-state index in [2.05, 4.69) is 41.4 Å². The summed E-state index contributed by atoms with van der Waals surface area (Å²) in [5, 5.41) is 13.4. The highest BCUT2D eigenvalue weighted by molar-refractivity contribution is 5.44. The van der Waals surface area contributed by atoms with Gasteiger partial charge in [-0.05, 0) is 30.5 Å². The van der Waals surface area contributed by atoms with Gasteiger partial charge in [0.05, 0.1) is 19.3 Å². The highest BCUT2D eigenvalue weighted by atomic mass is 16.5. The molecule has 1 aromatic carbocycles. The van der Waals surface area contributed by atoms with Gasteiger partial charge in [0.15, 0.2) is 0 Å². The molecule has 2 N–H and O–H groups in total. The molecule has 21 heavy (non-hydrogen) atoms. The fraction of sp³-hybridized carbons (Fsp3) is 0.647. The SMILES string of the molecule is CCCCc1ccc(NCC(O)CN2CCOCC2)cc1. The number of β-amino-alcohol motifs (C(OH)–C–C–N with tert-alkyl or cyclic N) is 1. The summed E-state index contributed by atoms with van der Waals surface area (Å²) in [5.41, 5.74) is 2.47. The van der Waals surface area contributed by atoms with Crippen molar-refractivity contribution in [3.05, 3.63) is 29.8 Å². The Bertz CT molecular complexity index is 388. The van der Waals surface area contributed by atoms with Gasteiger partial charge in [0.1, 0.15) is 0 Å². The van der Waals surface area contributed by atoms with Crippen molar-refractivity contribution in [2.24, 2.45) is 0 Å². The second-order valence-corrected chi connectivity index (χ2v) is 5.75. The first kappa shape index (κ1) is 16.3. The Hall–Kier alpha value is -1.10. The van der Waals surface area contributed by atoms with E-state index in [1.165, 1.54) is 18.4 Å². The maximum atomic E-state index is 10.1. The van der Waals surface area contributed by atoms with Crippen LogP contribution >= 0.6 is 0 Å². The van der Waals surface area contributed by atoms with Crippen LogP contribution in [0.2, 0.25) is 0 Å². The van der Waals surface area contributed by atoms with Crippen molar-refractivity contribution < 1.29 is 9.84 Å². The number of aliphatic hydroxyl groups is 1. The van der Waals surface area contributed by atoms with Crippen LogP contribution in [-0.4, -0.2) is 55.5 Å². The van der Waals surface area contributed by atoms with Gasteiger partial charge in [-0.2, -0.15) is 0 Å². The molecule has 1 saturated heterocycles. The number of unbranched alkanes of at least 4 members (excludes halogenated alkanes) is 1. The summed E-state index contributed by atoms with van der Waals surface area (Å²) in [7, 11) is 0. The molecular weight excluding hydrogens is 264 g/mol. The zero-order valence-electron chi connectivity index (χ0n) is 13.1. The lowest BCUT2D eigenvalue weighted by Gasteiger charge is -2.28. The molecule has 0 aliphatic carbocycles. The Morgan fingerprint density at radius 1 is 1.24 bits per heavy atom. The maximum Gasteiger partial charge on any atom is 0.0839 e. The molecule has 1 aliphatic heterocycles. The molecule has 0 spiro atoms. The van der Waals surface area contributed by atoms with Gasteiger partial charge >= 0.3 is 0 Å².